The molecule has 5 heteroatoms. The lowest BCUT2D eigenvalue weighted by Crippen LogP contribution is -2.33. The summed E-state index contributed by atoms with van der Waals surface area (Å²) in [5, 5.41) is 11.3. The fraction of sp³-hybridized carbons (Fsp3) is 0.818. The Labute approximate surface area is 97.2 Å². The van der Waals surface area contributed by atoms with Crippen LogP contribution >= 0.6 is 0 Å². The number of hydrogen-bond acceptors (Lipinski definition) is 4. The maximum atomic E-state index is 5.33. The number of rotatable bonds is 8. The van der Waals surface area contributed by atoms with Gasteiger partial charge in [-0.1, -0.05) is 6.92 Å². The SMILES string of the molecule is CCOCC(C)NCCn1cnnc1CC. The van der Waals surface area contributed by atoms with Gasteiger partial charge in [0.2, 0.25) is 0 Å². The summed E-state index contributed by atoms with van der Waals surface area (Å²) in [6.07, 6.45) is 2.71. The Kier molecular flexibility index (Phi) is 6.03. The van der Waals surface area contributed by atoms with Crippen LogP contribution in [0.15, 0.2) is 6.33 Å². The van der Waals surface area contributed by atoms with Gasteiger partial charge in [0.25, 0.3) is 0 Å². The van der Waals surface area contributed by atoms with Gasteiger partial charge in [0.1, 0.15) is 12.2 Å². The van der Waals surface area contributed by atoms with E-state index in [4.69, 9.17) is 4.74 Å². The van der Waals surface area contributed by atoms with Gasteiger partial charge < -0.3 is 14.6 Å². The van der Waals surface area contributed by atoms with E-state index in [-0.39, 0.29) is 0 Å². The largest absolute Gasteiger partial charge is 0.380 e. The molecule has 1 atom stereocenters. The monoisotopic (exact) mass is 226 g/mol. The van der Waals surface area contributed by atoms with Crippen molar-refractivity contribution in [2.75, 3.05) is 19.8 Å². The molecule has 1 unspecified atom stereocenters. The van der Waals surface area contributed by atoms with Crippen LogP contribution in [0.1, 0.15) is 26.6 Å². The standard InChI is InChI=1S/C11H22N4O/c1-4-11-14-13-9-15(11)7-6-12-10(3)8-16-5-2/h9-10,12H,4-8H2,1-3H3. The number of aromatic nitrogens is 3. The maximum absolute atomic E-state index is 5.33. The van der Waals surface area contributed by atoms with Crippen molar-refractivity contribution < 1.29 is 4.74 Å². The van der Waals surface area contributed by atoms with Crippen LogP contribution in [-0.2, 0) is 17.7 Å². The minimum atomic E-state index is 0.390. The van der Waals surface area contributed by atoms with E-state index in [1.807, 2.05) is 6.92 Å². The molecule has 5 nitrogen and oxygen atoms in total. The molecule has 0 bridgehead atoms. The highest BCUT2D eigenvalue weighted by atomic mass is 16.5. The number of hydrogen-bond donors (Lipinski definition) is 1. The first kappa shape index (κ1) is 13.1. The van der Waals surface area contributed by atoms with Gasteiger partial charge in [-0.2, -0.15) is 0 Å². The average molecular weight is 226 g/mol. The molecule has 0 saturated heterocycles. The Bertz CT molecular complexity index is 287. The maximum Gasteiger partial charge on any atom is 0.132 e. The second-order valence-electron chi connectivity index (χ2n) is 3.81. The van der Waals surface area contributed by atoms with Crippen LogP contribution in [0.3, 0.4) is 0 Å². The molecule has 0 aromatic carbocycles. The molecule has 0 fully saturated rings. The van der Waals surface area contributed by atoms with E-state index in [0.717, 1.165) is 38.5 Å². The van der Waals surface area contributed by atoms with Crippen molar-refractivity contribution in [1.29, 1.82) is 0 Å². The fourth-order valence-electron chi connectivity index (χ4n) is 1.52. The molecule has 0 amide bonds. The topological polar surface area (TPSA) is 52.0 Å². The Morgan fingerprint density at radius 2 is 2.31 bits per heavy atom. The van der Waals surface area contributed by atoms with Crippen LogP contribution in [0.4, 0.5) is 0 Å². The molecule has 1 rings (SSSR count). The molecule has 1 heterocycles. The van der Waals surface area contributed by atoms with E-state index in [9.17, 15) is 0 Å². The molecule has 0 aliphatic heterocycles. The van der Waals surface area contributed by atoms with Crippen LogP contribution in [0.5, 0.6) is 0 Å². The third-order valence-corrected chi connectivity index (χ3v) is 2.43. The van der Waals surface area contributed by atoms with Crippen molar-refractivity contribution in [3.8, 4) is 0 Å². The van der Waals surface area contributed by atoms with Crippen LogP contribution in [0.25, 0.3) is 0 Å². The summed E-state index contributed by atoms with van der Waals surface area (Å²) in [5.74, 6) is 1.04. The van der Waals surface area contributed by atoms with E-state index < -0.39 is 0 Å². The van der Waals surface area contributed by atoms with E-state index in [1.165, 1.54) is 0 Å². The van der Waals surface area contributed by atoms with Gasteiger partial charge in [-0.25, -0.2) is 0 Å². The number of nitrogens with zero attached hydrogens (tertiary/aromatic N) is 3. The minimum Gasteiger partial charge on any atom is -0.380 e. The Morgan fingerprint density at radius 3 is 3.00 bits per heavy atom. The zero-order valence-electron chi connectivity index (χ0n) is 10.4. The summed E-state index contributed by atoms with van der Waals surface area (Å²) in [6, 6.07) is 0.390. The van der Waals surface area contributed by atoms with Crippen molar-refractivity contribution in [2.45, 2.75) is 39.8 Å². The molecule has 0 spiro atoms. The highest BCUT2D eigenvalue weighted by Gasteiger charge is 2.03. The van der Waals surface area contributed by atoms with Crippen LogP contribution in [-0.4, -0.2) is 40.6 Å². The van der Waals surface area contributed by atoms with Crippen LogP contribution in [0.2, 0.25) is 0 Å². The molecule has 1 aromatic rings. The zero-order valence-corrected chi connectivity index (χ0v) is 10.4. The lowest BCUT2D eigenvalue weighted by molar-refractivity contribution is 0.127. The number of ether oxygens (including phenoxy) is 1. The van der Waals surface area contributed by atoms with Gasteiger partial charge in [-0.05, 0) is 13.8 Å². The van der Waals surface area contributed by atoms with Gasteiger partial charge in [0.05, 0.1) is 6.61 Å². The van der Waals surface area contributed by atoms with E-state index in [0.29, 0.717) is 6.04 Å². The molecule has 1 N–H and O–H groups in total. The molecule has 16 heavy (non-hydrogen) atoms. The second kappa shape index (κ2) is 7.35. The number of aryl methyl sites for hydroxylation is 1. The first-order valence-corrected chi connectivity index (χ1v) is 5.95. The summed E-state index contributed by atoms with van der Waals surface area (Å²) in [5.41, 5.74) is 0. The van der Waals surface area contributed by atoms with Crippen molar-refractivity contribution in [1.82, 2.24) is 20.1 Å². The van der Waals surface area contributed by atoms with E-state index in [1.54, 1.807) is 6.33 Å². The van der Waals surface area contributed by atoms with Crippen molar-refractivity contribution in [2.24, 2.45) is 0 Å². The van der Waals surface area contributed by atoms with Crippen molar-refractivity contribution >= 4 is 0 Å². The molecule has 0 aliphatic rings. The Balaban J connectivity index is 2.20. The highest BCUT2D eigenvalue weighted by Crippen LogP contribution is 1.95. The second-order valence-corrected chi connectivity index (χ2v) is 3.81. The van der Waals surface area contributed by atoms with Crippen molar-refractivity contribution in [3.63, 3.8) is 0 Å². The average Bonchev–Trinajstić information content (AvgIpc) is 2.74. The summed E-state index contributed by atoms with van der Waals surface area (Å²) in [7, 11) is 0. The van der Waals surface area contributed by atoms with Crippen LogP contribution in [0, 0.1) is 0 Å². The van der Waals surface area contributed by atoms with Gasteiger partial charge in [-0.15, -0.1) is 10.2 Å². The molecule has 92 valence electrons. The lowest BCUT2D eigenvalue weighted by atomic mass is 10.3. The van der Waals surface area contributed by atoms with Gasteiger partial charge in [-0.3, -0.25) is 0 Å². The first-order valence-electron chi connectivity index (χ1n) is 5.95. The number of nitrogens with one attached hydrogen (secondary N) is 1. The molecule has 0 aliphatic carbocycles. The summed E-state index contributed by atoms with van der Waals surface area (Å²) in [6.45, 7) is 9.59. The van der Waals surface area contributed by atoms with Gasteiger partial charge >= 0.3 is 0 Å². The predicted molar refractivity (Wildman–Crippen MR) is 63.4 cm³/mol. The summed E-state index contributed by atoms with van der Waals surface area (Å²) in [4.78, 5) is 0. The highest BCUT2D eigenvalue weighted by molar-refractivity contribution is 4.84. The third kappa shape index (κ3) is 4.28. The van der Waals surface area contributed by atoms with Crippen molar-refractivity contribution in [3.05, 3.63) is 12.2 Å². The smallest absolute Gasteiger partial charge is 0.132 e. The third-order valence-electron chi connectivity index (χ3n) is 2.43. The normalized spacial score (nSPS) is 12.9. The van der Waals surface area contributed by atoms with Gasteiger partial charge in [0, 0.05) is 32.2 Å². The molecule has 0 saturated carbocycles. The Hall–Kier alpha value is -0.940. The predicted octanol–water partition coefficient (Wildman–Crippen LogP) is 0.855. The molecule has 1 aromatic heterocycles. The molecular formula is C11H22N4O. The lowest BCUT2D eigenvalue weighted by Gasteiger charge is -2.14. The first-order chi connectivity index (χ1) is 7.77. The van der Waals surface area contributed by atoms with E-state index in [2.05, 4.69) is 33.9 Å². The quantitative estimate of drug-likeness (QED) is 0.714. The summed E-state index contributed by atoms with van der Waals surface area (Å²) < 4.78 is 7.42. The Morgan fingerprint density at radius 1 is 1.50 bits per heavy atom. The zero-order chi connectivity index (χ0) is 11.8. The molecular weight excluding hydrogens is 204 g/mol. The fourth-order valence-corrected chi connectivity index (χ4v) is 1.52. The molecule has 0 radical (unpaired) electrons. The summed E-state index contributed by atoms with van der Waals surface area (Å²) >= 11 is 0. The van der Waals surface area contributed by atoms with Gasteiger partial charge in [0.15, 0.2) is 0 Å². The van der Waals surface area contributed by atoms with Crippen LogP contribution < -0.4 is 5.32 Å². The van der Waals surface area contributed by atoms with E-state index >= 15 is 0 Å². The minimum absolute atomic E-state index is 0.390.